The van der Waals surface area contributed by atoms with Crippen LogP contribution in [0.2, 0.25) is 5.02 Å². The molecule has 1 aromatic heterocycles. The Morgan fingerprint density at radius 2 is 1.97 bits per heavy atom. The number of halogens is 2. The number of rotatable bonds is 9. The third kappa shape index (κ3) is 6.38. The van der Waals surface area contributed by atoms with E-state index in [1.54, 1.807) is 13.4 Å². The maximum atomic E-state index is 13.3. The van der Waals surface area contributed by atoms with Gasteiger partial charge < -0.3 is 26.3 Å². The molecule has 8 nitrogen and oxygen atoms in total. The molecule has 0 saturated heterocycles. The monoisotopic (exact) mass is 472 g/mol. The smallest absolute Gasteiger partial charge is 0.241 e. The molecule has 0 spiro atoms. The molecule has 0 bridgehead atoms. The van der Waals surface area contributed by atoms with Crippen molar-refractivity contribution >= 4 is 29.1 Å². The predicted octanol–water partition coefficient (Wildman–Crippen LogP) is 2.44. The summed E-state index contributed by atoms with van der Waals surface area (Å²) in [5.41, 5.74) is 9.03. The Morgan fingerprint density at radius 3 is 2.64 bits per heavy atom. The number of hydrogen-bond donors (Lipinski definition) is 4. The number of imidazole rings is 1. The molecule has 0 radical (unpaired) electrons. The number of likely N-dealkylation sites (N-methyl/N-ethyl adjacent to an activating group) is 1. The van der Waals surface area contributed by atoms with Crippen LogP contribution in [0.3, 0.4) is 0 Å². The summed E-state index contributed by atoms with van der Waals surface area (Å²) in [6.45, 7) is 0.268. The second kappa shape index (κ2) is 11.0. The quantitative estimate of drug-likeness (QED) is 0.382. The molecular weight excluding hydrogens is 447 g/mol. The van der Waals surface area contributed by atoms with E-state index < -0.39 is 23.8 Å². The summed E-state index contributed by atoms with van der Waals surface area (Å²) < 4.78 is 15.2. The summed E-state index contributed by atoms with van der Waals surface area (Å²) in [5.74, 6) is -1.38. The lowest BCUT2D eigenvalue weighted by Gasteiger charge is -2.20. The molecule has 2 amide bonds. The van der Waals surface area contributed by atoms with Gasteiger partial charge in [0.05, 0.1) is 29.1 Å². The number of amides is 2. The number of nitrogens with two attached hydrogens (primary N) is 1. The molecule has 5 N–H and O–H groups in total. The van der Waals surface area contributed by atoms with Crippen molar-refractivity contribution in [1.82, 2.24) is 20.2 Å². The Morgan fingerprint density at radius 1 is 1.21 bits per heavy atom. The van der Waals surface area contributed by atoms with Gasteiger partial charge in [-0.2, -0.15) is 0 Å². The van der Waals surface area contributed by atoms with Crippen molar-refractivity contribution in [1.29, 1.82) is 0 Å². The zero-order valence-electron chi connectivity index (χ0n) is 18.3. The number of nitrogens with one attached hydrogen (secondary N) is 3. The van der Waals surface area contributed by atoms with Crippen molar-refractivity contribution in [3.05, 3.63) is 71.4 Å². The fourth-order valence-electron chi connectivity index (χ4n) is 3.31. The molecule has 0 aliphatic heterocycles. The third-order valence-electron chi connectivity index (χ3n) is 5.13. The highest BCUT2D eigenvalue weighted by Crippen LogP contribution is 2.22. The van der Waals surface area contributed by atoms with Crippen LogP contribution in [0.4, 0.5) is 10.1 Å². The number of carbonyl (C=O) groups is 2. The second-order valence-corrected chi connectivity index (χ2v) is 8.01. The molecule has 0 saturated carbocycles. The molecule has 1 heterocycles. The SMILES string of the molecule is CNC(CC(N)C(=O)NCc1ccccc1-c1cn(C)cn1)C(=O)Nc1ccc(F)c(Cl)c1. The molecule has 2 aromatic carbocycles. The van der Waals surface area contributed by atoms with Gasteiger partial charge in [-0.05, 0) is 37.2 Å². The summed E-state index contributed by atoms with van der Waals surface area (Å²) in [7, 11) is 3.48. The number of aromatic nitrogens is 2. The van der Waals surface area contributed by atoms with E-state index in [1.807, 2.05) is 42.1 Å². The van der Waals surface area contributed by atoms with Gasteiger partial charge in [0.2, 0.25) is 11.8 Å². The minimum atomic E-state index is -0.924. The predicted molar refractivity (Wildman–Crippen MR) is 126 cm³/mol. The first-order valence-corrected chi connectivity index (χ1v) is 10.7. The molecule has 10 heteroatoms. The molecule has 3 rings (SSSR count). The Hall–Kier alpha value is -3.27. The zero-order chi connectivity index (χ0) is 24.0. The lowest BCUT2D eigenvalue weighted by molar-refractivity contribution is -0.123. The van der Waals surface area contributed by atoms with E-state index in [2.05, 4.69) is 20.9 Å². The minimum Gasteiger partial charge on any atom is -0.351 e. The number of benzene rings is 2. The summed E-state index contributed by atoms with van der Waals surface area (Å²) in [6.07, 6.45) is 3.67. The van der Waals surface area contributed by atoms with Crippen molar-refractivity contribution in [2.45, 2.75) is 25.0 Å². The average Bonchev–Trinajstić information content (AvgIpc) is 3.24. The largest absolute Gasteiger partial charge is 0.351 e. The number of anilines is 1. The van der Waals surface area contributed by atoms with Gasteiger partial charge in [-0.25, -0.2) is 9.37 Å². The zero-order valence-corrected chi connectivity index (χ0v) is 19.1. The van der Waals surface area contributed by atoms with Crippen molar-refractivity contribution in [2.24, 2.45) is 12.8 Å². The Labute approximate surface area is 196 Å². The van der Waals surface area contributed by atoms with Crippen LogP contribution in [0, 0.1) is 5.82 Å². The highest BCUT2D eigenvalue weighted by Gasteiger charge is 2.24. The highest BCUT2D eigenvalue weighted by molar-refractivity contribution is 6.31. The molecular formula is C23H26ClFN6O2. The highest BCUT2D eigenvalue weighted by atomic mass is 35.5. The summed E-state index contributed by atoms with van der Waals surface area (Å²) >= 11 is 5.75. The first kappa shape index (κ1) is 24.4. The minimum absolute atomic E-state index is 0.0605. The van der Waals surface area contributed by atoms with E-state index in [0.29, 0.717) is 5.69 Å². The standard InChI is InChI=1S/C23H26ClFN6O2/c1-27-20(23(33)30-15-7-8-18(25)17(24)9-15)10-19(26)22(32)28-11-14-5-3-4-6-16(14)21-12-31(2)13-29-21/h3-9,12-13,19-20,27H,10-11,26H2,1-2H3,(H,28,32)(H,30,33). The van der Waals surface area contributed by atoms with Crippen molar-refractivity contribution < 1.29 is 14.0 Å². The molecule has 33 heavy (non-hydrogen) atoms. The molecule has 0 aliphatic carbocycles. The summed E-state index contributed by atoms with van der Waals surface area (Å²) in [5, 5.41) is 8.22. The van der Waals surface area contributed by atoms with Gasteiger partial charge in [0, 0.05) is 31.0 Å². The van der Waals surface area contributed by atoms with Crippen LogP contribution in [-0.4, -0.2) is 40.5 Å². The van der Waals surface area contributed by atoms with Gasteiger partial charge >= 0.3 is 0 Å². The summed E-state index contributed by atoms with van der Waals surface area (Å²) in [6, 6.07) is 9.85. The number of carbonyl (C=O) groups excluding carboxylic acids is 2. The van der Waals surface area contributed by atoms with Gasteiger partial charge in [0.25, 0.3) is 0 Å². The second-order valence-electron chi connectivity index (χ2n) is 7.60. The first-order valence-electron chi connectivity index (χ1n) is 10.3. The Bertz CT molecular complexity index is 1140. The van der Waals surface area contributed by atoms with Gasteiger partial charge in [0.15, 0.2) is 0 Å². The number of hydrogen-bond acceptors (Lipinski definition) is 5. The van der Waals surface area contributed by atoms with E-state index in [1.165, 1.54) is 12.1 Å². The van der Waals surface area contributed by atoms with Crippen LogP contribution in [0.5, 0.6) is 0 Å². The molecule has 2 unspecified atom stereocenters. The first-order chi connectivity index (χ1) is 15.8. The van der Waals surface area contributed by atoms with Crippen LogP contribution in [0.15, 0.2) is 55.0 Å². The summed E-state index contributed by atoms with van der Waals surface area (Å²) in [4.78, 5) is 29.5. The van der Waals surface area contributed by atoms with Gasteiger partial charge in [-0.3, -0.25) is 9.59 Å². The lowest BCUT2D eigenvalue weighted by Crippen LogP contribution is -2.48. The van der Waals surface area contributed by atoms with Gasteiger partial charge in [0.1, 0.15) is 5.82 Å². The van der Waals surface area contributed by atoms with Crippen LogP contribution >= 0.6 is 11.6 Å². The van der Waals surface area contributed by atoms with E-state index >= 15 is 0 Å². The molecule has 0 aliphatic rings. The van der Waals surface area contributed by atoms with E-state index in [4.69, 9.17) is 17.3 Å². The van der Waals surface area contributed by atoms with Gasteiger partial charge in [-0.1, -0.05) is 35.9 Å². The Balaban J connectivity index is 1.58. The van der Waals surface area contributed by atoms with Crippen LogP contribution in [0.25, 0.3) is 11.3 Å². The topological polar surface area (TPSA) is 114 Å². The molecule has 2 atom stereocenters. The fourth-order valence-corrected chi connectivity index (χ4v) is 3.49. The normalized spacial score (nSPS) is 12.8. The van der Waals surface area contributed by atoms with Crippen LogP contribution in [0.1, 0.15) is 12.0 Å². The van der Waals surface area contributed by atoms with Gasteiger partial charge in [-0.15, -0.1) is 0 Å². The third-order valence-corrected chi connectivity index (χ3v) is 5.42. The van der Waals surface area contributed by atoms with Crippen LogP contribution < -0.4 is 21.7 Å². The van der Waals surface area contributed by atoms with Crippen molar-refractivity contribution in [3.63, 3.8) is 0 Å². The fraction of sp³-hybridized carbons (Fsp3) is 0.261. The van der Waals surface area contributed by atoms with Crippen molar-refractivity contribution in [3.8, 4) is 11.3 Å². The van der Waals surface area contributed by atoms with Crippen molar-refractivity contribution in [2.75, 3.05) is 12.4 Å². The van der Waals surface area contributed by atoms with E-state index in [9.17, 15) is 14.0 Å². The van der Waals surface area contributed by atoms with Crippen LogP contribution in [-0.2, 0) is 23.2 Å². The molecule has 0 fully saturated rings. The van der Waals surface area contributed by atoms with E-state index in [0.717, 1.165) is 22.9 Å². The Kier molecular flexibility index (Phi) is 8.16. The van der Waals surface area contributed by atoms with E-state index in [-0.39, 0.29) is 23.9 Å². The average molecular weight is 473 g/mol. The number of aryl methyl sites for hydroxylation is 1. The molecule has 174 valence electrons. The lowest BCUT2D eigenvalue weighted by atomic mass is 10.0. The number of nitrogens with zero attached hydrogens (tertiary/aromatic N) is 2. The molecule has 3 aromatic rings. The maximum absolute atomic E-state index is 13.3. The maximum Gasteiger partial charge on any atom is 0.241 e.